The second-order valence-electron chi connectivity index (χ2n) is 5.46. The molecule has 1 aliphatic carbocycles. The average molecular weight is 250 g/mol. The van der Waals surface area contributed by atoms with Crippen molar-refractivity contribution in [1.29, 1.82) is 0 Å². The maximum atomic E-state index is 12.5. The summed E-state index contributed by atoms with van der Waals surface area (Å²) in [5, 5.41) is 3.01. The molecule has 1 atom stereocenters. The van der Waals surface area contributed by atoms with Gasteiger partial charge in [-0.25, -0.2) is 0 Å². The predicted molar refractivity (Wildman–Crippen MR) is 75.0 cm³/mol. The smallest absolute Gasteiger partial charge is 0.235 e. The maximum Gasteiger partial charge on any atom is 0.235 e. The third kappa shape index (κ3) is 1.30. The molecule has 0 saturated heterocycles. The number of carbonyl (C=O) groups excluding carboxylic acids is 1. The van der Waals surface area contributed by atoms with Gasteiger partial charge in [0.15, 0.2) is 0 Å². The first-order chi connectivity index (χ1) is 9.19. The summed E-state index contributed by atoms with van der Waals surface area (Å²) < 4.78 is 0. The van der Waals surface area contributed by atoms with Gasteiger partial charge in [-0.05, 0) is 47.7 Å². The Hall–Kier alpha value is -2.29. The number of fused-ring (bicyclic) bond motifs is 3. The molecule has 0 aromatic heterocycles. The molecule has 3 N–H and O–H groups in total. The van der Waals surface area contributed by atoms with E-state index < -0.39 is 5.41 Å². The molecular formula is C16H14N2O. The first-order valence-corrected chi connectivity index (χ1v) is 6.47. The van der Waals surface area contributed by atoms with E-state index in [9.17, 15) is 4.79 Å². The number of rotatable bonds is 0. The highest BCUT2D eigenvalue weighted by Gasteiger charge is 2.50. The van der Waals surface area contributed by atoms with Gasteiger partial charge < -0.3 is 11.1 Å². The van der Waals surface area contributed by atoms with E-state index in [0.717, 1.165) is 29.8 Å². The monoisotopic (exact) mass is 250 g/mol. The molecule has 0 radical (unpaired) electrons. The fourth-order valence-corrected chi connectivity index (χ4v) is 3.42. The Bertz CT molecular complexity index is 708. The lowest BCUT2D eigenvalue weighted by molar-refractivity contribution is -0.120. The zero-order chi connectivity index (χ0) is 13.0. The largest absolute Gasteiger partial charge is 0.399 e. The zero-order valence-electron chi connectivity index (χ0n) is 10.4. The lowest BCUT2D eigenvalue weighted by atomic mass is 9.79. The highest BCUT2D eigenvalue weighted by atomic mass is 16.2. The fraction of sp³-hybridized carbons (Fsp3) is 0.188. The van der Waals surface area contributed by atoms with Crippen LogP contribution >= 0.6 is 0 Å². The molecule has 3 heteroatoms. The molecule has 3 nitrogen and oxygen atoms in total. The van der Waals surface area contributed by atoms with Gasteiger partial charge in [0, 0.05) is 11.4 Å². The molecule has 19 heavy (non-hydrogen) atoms. The summed E-state index contributed by atoms with van der Waals surface area (Å²) in [5.74, 6) is 0.114. The molecule has 1 amide bonds. The number of benzene rings is 2. The highest BCUT2D eigenvalue weighted by molar-refractivity contribution is 6.07. The van der Waals surface area contributed by atoms with Crippen LogP contribution in [0.3, 0.4) is 0 Å². The van der Waals surface area contributed by atoms with Crippen molar-refractivity contribution < 1.29 is 4.79 Å². The van der Waals surface area contributed by atoms with E-state index in [1.54, 1.807) is 0 Å². The summed E-state index contributed by atoms with van der Waals surface area (Å²) in [5.41, 5.74) is 10.7. The van der Waals surface area contributed by atoms with Gasteiger partial charge in [-0.1, -0.05) is 24.3 Å². The first kappa shape index (κ1) is 10.6. The first-order valence-electron chi connectivity index (χ1n) is 6.47. The zero-order valence-corrected chi connectivity index (χ0v) is 10.4. The number of hydrogen-bond donors (Lipinski definition) is 2. The molecule has 0 saturated carbocycles. The van der Waals surface area contributed by atoms with Crippen LogP contribution in [0, 0.1) is 0 Å². The number of nitrogen functional groups attached to an aromatic ring is 1. The molecule has 2 aromatic rings. The van der Waals surface area contributed by atoms with E-state index in [2.05, 4.69) is 11.4 Å². The van der Waals surface area contributed by atoms with Crippen LogP contribution in [0.25, 0.3) is 0 Å². The predicted octanol–water partition coefficient (Wildman–Crippen LogP) is 2.26. The van der Waals surface area contributed by atoms with Gasteiger partial charge >= 0.3 is 0 Å². The van der Waals surface area contributed by atoms with Gasteiger partial charge in [-0.3, -0.25) is 4.79 Å². The number of nitrogens with two attached hydrogens (primary N) is 1. The van der Waals surface area contributed by atoms with E-state index in [1.165, 1.54) is 11.1 Å². The Kier molecular flexibility index (Phi) is 1.89. The van der Waals surface area contributed by atoms with Crippen molar-refractivity contribution in [3.05, 3.63) is 59.2 Å². The lowest BCUT2D eigenvalue weighted by Crippen LogP contribution is -2.35. The molecule has 2 aromatic carbocycles. The fourth-order valence-electron chi connectivity index (χ4n) is 3.42. The Morgan fingerprint density at radius 1 is 1.05 bits per heavy atom. The SMILES string of the molecule is Nc1ccc2c(c1)CC1(C2)C(=O)Nc2ccccc21. The van der Waals surface area contributed by atoms with E-state index in [0.29, 0.717) is 0 Å². The number of carbonyl (C=O) groups is 1. The van der Waals surface area contributed by atoms with Crippen molar-refractivity contribution in [3.63, 3.8) is 0 Å². The third-order valence-corrected chi connectivity index (χ3v) is 4.34. The molecule has 4 rings (SSSR count). The molecule has 0 fully saturated rings. The summed E-state index contributed by atoms with van der Waals surface area (Å²) in [6, 6.07) is 13.9. The minimum absolute atomic E-state index is 0.114. The van der Waals surface area contributed by atoms with Crippen LogP contribution < -0.4 is 11.1 Å². The molecule has 1 aliphatic heterocycles. The Morgan fingerprint density at radius 2 is 1.84 bits per heavy atom. The normalized spacial score (nSPS) is 23.3. The number of nitrogens with one attached hydrogen (secondary N) is 1. The highest BCUT2D eigenvalue weighted by Crippen LogP contribution is 2.47. The van der Waals surface area contributed by atoms with E-state index in [1.807, 2.05) is 36.4 Å². The number of anilines is 2. The molecule has 94 valence electrons. The number of hydrogen-bond acceptors (Lipinski definition) is 2. The van der Waals surface area contributed by atoms with Gasteiger partial charge in [0.05, 0.1) is 5.41 Å². The van der Waals surface area contributed by atoms with Gasteiger partial charge in [0.2, 0.25) is 5.91 Å². The topological polar surface area (TPSA) is 55.1 Å². The van der Waals surface area contributed by atoms with Crippen molar-refractivity contribution in [2.45, 2.75) is 18.3 Å². The van der Waals surface area contributed by atoms with Gasteiger partial charge in [0.25, 0.3) is 0 Å². The Balaban J connectivity index is 1.88. The average Bonchev–Trinajstić information content (AvgIpc) is 2.90. The van der Waals surface area contributed by atoms with E-state index in [-0.39, 0.29) is 5.91 Å². The van der Waals surface area contributed by atoms with Crippen LogP contribution in [0.1, 0.15) is 16.7 Å². The summed E-state index contributed by atoms with van der Waals surface area (Å²) in [6.45, 7) is 0. The second kappa shape index (κ2) is 3.38. The number of para-hydroxylation sites is 1. The van der Waals surface area contributed by atoms with Gasteiger partial charge in [-0.2, -0.15) is 0 Å². The van der Waals surface area contributed by atoms with Gasteiger partial charge in [-0.15, -0.1) is 0 Å². The van der Waals surface area contributed by atoms with Crippen molar-refractivity contribution in [3.8, 4) is 0 Å². The van der Waals surface area contributed by atoms with Gasteiger partial charge in [0.1, 0.15) is 0 Å². The van der Waals surface area contributed by atoms with E-state index in [4.69, 9.17) is 5.73 Å². The summed E-state index contributed by atoms with van der Waals surface area (Å²) in [4.78, 5) is 12.5. The molecule has 1 heterocycles. The van der Waals surface area contributed by atoms with Crippen LogP contribution in [0.15, 0.2) is 42.5 Å². The second-order valence-corrected chi connectivity index (χ2v) is 5.46. The number of amides is 1. The Morgan fingerprint density at radius 3 is 2.74 bits per heavy atom. The molecule has 0 bridgehead atoms. The third-order valence-electron chi connectivity index (χ3n) is 4.34. The minimum atomic E-state index is -0.424. The lowest BCUT2D eigenvalue weighted by Gasteiger charge is -2.20. The van der Waals surface area contributed by atoms with Crippen molar-refractivity contribution >= 4 is 17.3 Å². The van der Waals surface area contributed by atoms with Crippen LogP contribution in [-0.4, -0.2) is 5.91 Å². The Labute approximate surface area is 111 Å². The molecule has 2 aliphatic rings. The quantitative estimate of drug-likeness (QED) is 0.705. The molecular weight excluding hydrogens is 236 g/mol. The minimum Gasteiger partial charge on any atom is -0.399 e. The van der Waals surface area contributed by atoms with Crippen LogP contribution in [0.5, 0.6) is 0 Å². The van der Waals surface area contributed by atoms with Crippen LogP contribution in [0.2, 0.25) is 0 Å². The van der Waals surface area contributed by atoms with Crippen molar-refractivity contribution in [2.24, 2.45) is 0 Å². The van der Waals surface area contributed by atoms with E-state index >= 15 is 0 Å². The summed E-state index contributed by atoms with van der Waals surface area (Å²) >= 11 is 0. The van der Waals surface area contributed by atoms with Crippen molar-refractivity contribution in [1.82, 2.24) is 0 Å². The maximum absolute atomic E-state index is 12.5. The summed E-state index contributed by atoms with van der Waals surface area (Å²) in [6.07, 6.45) is 1.52. The van der Waals surface area contributed by atoms with Crippen LogP contribution in [0.4, 0.5) is 11.4 Å². The summed E-state index contributed by atoms with van der Waals surface area (Å²) in [7, 11) is 0. The molecule has 1 unspecified atom stereocenters. The van der Waals surface area contributed by atoms with Crippen LogP contribution in [-0.2, 0) is 23.1 Å². The molecule has 1 spiro atoms. The standard InChI is InChI=1S/C16H14N2O/c17-12-6-5-10-8-16(9-11(10)7-12)13-3-1-2-4-14(13)18-15(16)19/h1-7H,8-9,17H2,(H,18,19). The van der Waals surface area contributed by atoms with Crippen molar-refractivity contribution in [2.75, 3.05) is 11.1 Å².